The van der Waals surface area contributed by atoms with Crippen LogP contribution in [0.2, 0.25) is 0 Å². The number of methoxy groups -OCH3 is 1. The fourth-order valence-electron chi connectivity index (χ4n) is 6.17. The molecule has 1 N–H and O–H groups in total. The molecule has 6 heteroatoms. The van der Waals surface area contributed by atoms with Gasteiger partial charge in [-0.3, -0.25) is 14.6 Å². The summed E-state index contributed by atoms with van der Waals surface area (Å²) in [5.74, 6) is 0.593. The lowest BCUT2D eigenvalue weighted by atomic mass is 9.86. The van der Waals surface area contributed by atoms with Crippen molar-refractivity contribution < 1.29 is 14.6 Å². The third kappa shape index (κ3) is 5.50. The van der Waals surface area contributed by atoms with Gasteiger partial charge >= 0.3 is 5.97 Å². The second-order valence-electron chi connectivity index (χ2n) is 10.1. The molecule has 2 fully saturated rings. The Hall–Kier alpha value is -3.09. The maximum absolute atomic E-state index is 11.5. The van der Waals surface area contributed by atoms with Crippen molar-refractivity contribution in [3.8, 4) is 5.75 Å². The molecule has 3 aromatic carbocycles. The predicted molar refractivity (Wildman–Crippen MR) is 145 cm³/mol. The molecule has 0 unspecified atom stereocenters. The number of aliphatic carboxylic acids is 1. The van der Waals surface area contributed by atoms with Gasteiger partial charge in [-0.25, -0.2) is 0 Å². The Morgan fingerprint density at radius 2 is 1.69 bits per heavy atom. The third-order valence-corrected chi connectivity index (χ3v) is 7.99. The van der Waals surface area contributed by atoms with E-state index in [-0.39, 0.29) is 6.42 Å². The standard InChI is InChI=1S/C30H37N3O3/c1-36-29-12-5-4-11-28(29)33-19-17-32(18-20-33)27-15-16-31(22-25(27)13-14-30(34)35)21-24-9-6-8-23-7-2-3-10-26(23)24/h2-12,25,27H,13-22H2,1H3,(H,34,35)/t25-,27+/m0/s1. The molecule has 0 spiro atoms. The Morgan fingerprint density at radius 3 is 2.50 bits per heavy atom. The maximum atomic E-state index is 11.5. The van der Waals surface area contributed by atoms with Crippen LogP contribution in [0.15, 0.2) is 66.7 Å². The first kappa shape index (κ1) is 24.6. The molecule has 0 radical (unpaired) electrons. The molecule has 3 aromatic rings. The van der Waals surface area contributed by atoms with E-state index in [9.17, 15) is 9.90 Å². The Morgan fingerprint density at radius 1 is 0.944 bits per heavy atom. The summed E-state index contributed by atoms with van der Waals surface area (Å²) < 4.78 is 5.58. The number of likely N-dealkylation sites (tertiary alicyclic amines) is 1. The van der Waals surface area contributed by atoms with E-state index in [0.717, 1.165) is 70.1 Å². The number of carboxylic acids is 1. The summed E-state index contributed by atoms with van der Waals surface area (Å²) in [4.78, 5) is 19.0. The molecule has 0 amide bonds. The number of fused-ring (bicyclic) bond motifs is 1. The van der Waals surface area contributed by atoms with Crippen LogP contribution in [0.5, 0.6) is 5.75 Å². The zero-order valence-electron chi connectivity index (χ0n) is 21.2. The quantitative estimate of drug-likeness (QED) is 0.496. The first-order valence-corrected chi connectivity index (χ1v) is 13.1. The lowest BCUT2D eigenvalue weighted by molar-refractivity contribution is -0.137. The molecule has 36 heavy (non-hydrogen) atoms. The first-order chi connectivity index (χ1) is 17.6. The molecule has 190 valence electrons. The van der Waals surface area contributed by atoms with E-state index in [0.29, 0.717) is 12.0 Å². The lowest BCUT2D eigenvalue weighted by Gasteiger charge is -2.47. The summed E-state index contributed by atoms with van der Waals surface area (Å²) in [7, 11) is 1.73. The van der Waals surface area contributed by atoms with Crippen LogP contribution in [0.1, 0.15) is 24.8 Å². The fraction of sp³-hybridized carbons (Fsp3) is 0.433. The van der Waals surface area contributed by atoms with Crippen molar-refractivity contribution in [1.29, 1.82) is 0 Å². The molecule has 2 heterocycles. The van der Waals surface area contributed by atoms with Crippen LogP contribution in [-0.4, -0.2) is 73.3 Å². The van der Waals surface area contributed by atoms with Crippen LogP contribution in [0, 0.1) is 5.92 Å². The summed E-state index contributed by atoms with van der Waals surface area (Å²) in [6.45, 7) is 6.83. The number of hydrogen-bond acceptors (Lipinski definition) is 5. The number of piperidine rings is 1. The van der Waals surface area contributed by atoms with E-state index in [2.05, 4.69) is 69.3 Å². The van der Waals surface area contributed by atoms with Crippen LogP contribution < -0.4 is 9.64 Å². The van der Waals surface area contributed by atoms with Crippen molar-refractivity contribution in [2.45, 2.75) is 31.8 Å². The van der Waals surface area contributed by atoms with Gasteiger partial charge in [0.2, 0.25) is 0 Å². The SMILES string of the molecule is COc1ccccc1N1CCN([C@@H]2CCN(Cc3cccc4ccccc34)C[C@@H]2CCC(=O)O)CC1. The third-order valence-electron chi connectivity index (χ3n) is 7.99. The molecule has 6 nitrogen and oxygen atoms in total. The number of nitrogens with zero attached hydrogens (tertiary/aromatic N) is 3. The molecule has 5 rings (SSSR count). The van der Waals surface area contributed by atoms with Gasteiger partial charge in [-0.15, -0.1) is 0 Å². The minimum atomic E-state index is -0.694. The van der Waals surface area contributed by atoms with Gasteiger partial charge in [0, 0.05) is 51.7 Å². The molecule has 2 aliphatic heterocycles. The van der Waals surface area contributed by atoms with E-state index in [1.807, 2.05) is 12.1 Å². The molecule has 0 aliphatic carbocycles. The minimum Gasteiger partial charge on any atom is -0.495 e. The van der Waals surface area contributed by atoms with Crippen molar-refractivity contribution in [1.82, 2.24) is 9.80 Å². The highest BCUT2D eigenvalue weighted by molar-refractivity contribution is 5.85. The molecular weight excluding hydrogens is 450 g/mol. The Labute approximate surface area is 214 Å². The van der Waals surface area contributed by atoms with Gasteiger partial charge in [0.15, 0.2) is 0 Å². The van der Waals surface area contributed by atoms with Crippen LogP contribution in [0.3, 0.4) is 0 Å². The van der Waals surface area contributed by atoms with Gasteiger partial charge < -0.3 is 14.7 Å². The van der Waals surface area contributed by atoms with Crippen molar-refractivity contribution in [3.05, 3.63) is 72.3 Å². The van der Waals surface area contributed by atoms with Gasteiger partial charge in [-0.2, -0.15) is 0 Å². The van der Waals surface area contributed by atoms with Crippen LogP contribution in [0.4, 0.5) is 5.69 Å². The van der Waals surface area contributed by atoms with Crippen LogP contribution in [0.25, 0.3) is 10.8 Å². The second kappa shape index (κ2) is 11.3. The van der Waals surface area contributed by atoms with Gasteiger partial charge in [-0.05, 0) is 53.8 Å². The van der Waals surface area contributed by atoms with Gasteiger partial charge in [0.1, 0.15) is 5.75 Å². The number of carboxylic acid groups (broad SMARTS) is 1. The summed E-state index contributed by atoms with van der Waals surface area (Å²) in [5, 5.41) is 12.0. The van der Waals surface area contributed by atoms with Crippen molar-refractivity contribution in [3.63, 3.8) is 0 Å². The van der Waals surface area contributed by atoms with Crippen molar-refractivity contribution in [2.75, 3.05) is 51.3 Å². The molecule has 0 bridgehead atoms. The number of carbonyl (C=O) groups is 1. The maximum Gasteiger partial charge on any atom is 0.303 e. The number of anilines is 1. The van der Waals surface area contributed by atoms with Gasteiger partial charge in [-0.1, -0.05) is 54.6 Å². The van der Waals surface area contributed by atoms with Gasteiger partial charge in [0.25, 0.3) is 0 Å². The van der Waals surface area contributed by atoms with Crippen LogP contribution >= 0.6 is 0 Å². The zero-order valence-corrected chi connectivity index (χ0v) is 21.2. The zero-order chi connectivity index (χ0) is 24.9. The smallest absolute Gasteiger partial charge is 0.303 e. The molecule has 0 saturated carbocycles. The molecule has 2 aliphatic rings. The molecular formula is C30H37N3O3. The number of ether oxygens (including phenoxy) is 1. The van der Waals surface area contributed by atoms with Crippen LogP contribution in [-0.2, 0) is 11.3 Å². The summed E-state index contributed by atoms with van der Waals surface area (Å²) in [6, 6.07) is 23.8. The average Bonchev–Trinajstić information content (AvgIpc) is 2.92. The number of rotatable bonds is 8. The van der Waals surface area contributed by atoms with E-state index >= 15 is 0 Å². The van der Waals surface area contributed by atoms with E-state index in [4.69, 9.17) is 4.74 Å². The highest BCUT2D eigenvalue weighted by atomic mass is 16.5. The van der Waals surface area contributed by atoms with Gasteiger partial charge in [0.05, 0.1) is 12.8 Å². The number of benzene rings is 3. The Kier molecular flexibility index (Phi) is 7.73. The molecule has 2 atom stereocenters. The summed E-state index contributed by atoms with van der Waals surface area (Å²) >= 11 is 0. The lowest BCUT2D eigenvalue weighted by Crippen LogP contribution is -2.56. The number of hydrogen-bond donors (Lipinski definition) is 1. The minimum absolute atomic E-state index is 0.241. The molecule has 2 saturated heterocycles. The first-order valence-electron chi connectivity index (χ1n) is 13.1. The number of piperazine rings is 1. The van der Waals surface area contributed by atoms with E-state index in [1.54, 1.807) is 7.11 Å². The highest BCUT2D eigenvalue weighted by Gasteiger charge is 2.35. The van der Waals surface area contributed by atoms with Crippen molar-refractivity contribution in [2.24, 2.45) is 5.92 Å². The Balaban J connectivity index is 1.26. The summed E-state index contributed by atoms with van der Waals surface area (Å²) in [6.07, 6.45) is 2.06. The number of para-hydroxylation sites is 2. The van der Waals surface area contributed by atoms with Crippen molar-refractivity contribution >= 4 is 22.4 Å². The predicted octanol–water partition coefficient (Wildman–Crippen LogP) is 4.73. The highest BCUT2D eigenvalue weighted by Crippen LogP contribution is 2.32. The van der Waals surface area contributed by atoms with E-state index < -0.39 is 5.97 Å². The fourth-order valence-corrected chi connectivity index (χ4v) is 6.17. The Bertz CT molecular complexity index is 1170. The second-order valence-corrected chi connectivity index (χ2v) is 10.1. The average molecular weight is 488 g/mol. The molecule has 0 aromatic heterocycles. The largest absolute Gasteiger partial charge is 0.495 e. The summed E-state index contributed by atoms with van der Waals surface area (Å²) in [5.41, 5.74) is 2.51. The monoisotopic (exact) mass is 487 g/mol. The normalized spacial score (nSPS) is 21.5. The topological polar surface area (TPSA) is 56.2 Å². The van der Waals surface area contributed by atoms with E-state index in [1.165, 1.54) is 16.3 Å².